The van der Waals surface area contributed by atoms with Crippen molar-refractivity contribution in [3.05, 3.63) is 70.8 Å². The number of nitrogens with zero attached hydrogens (tertiary/aromatic N) is 2. The van der Waals surface area contributed by atoms with Crippen molar-refractivity contribution >= 4 is 23.2 Å². The minimum Gasteiger partial charge on any atom is -0.236 e. The zero-order valence-electron chi connectivity index (χ0n) is 10.4. The molecule has 0 spiro atoms. The first-order valence-corrected chi connectivity index (χ1v) is 6.84. The largest absolute Gasteiger partial charge is 0.236 e. The van der Waals surface area contributed by atoms with Crippen molar-refractivity contribution in [2.45, 2.75) is 0 Å². The molecule has 0 aliphatic carbocycles. The molecule has 1 heterocycles. The van der Waals surface area contributed by atoms with Crippen LogP contribution in [0.5, 0.6) is 0 Å². The molecule has 0 saturated heterocycles. The molecule has 0 unspecified atom stereocenters. The summed E-state index contributed by atoms with van der Waals surface area (Å²) in [6.07, 6.45) is 1.71. The van der Waals surface area contributed by atoms with Gasteiger partial charge < -0.3 is 0 Å². The number of benzene rings is 2. The van der Waals surface area contributed by atoms with E-state index >= 15 is 0 Å². The first kappa shape index (κ1) is 13.1. The summed E-state index contributed by atoms with van der Waals surface area (Å²) in [5, 5.41) is 1.09. The highest BCUT2D eigenvalue weighted by molar-refractivity contribution is 6.38. The molecule has 2 nitrogen and oxygen atoms in total. The minimum absolute atomic E-state index is 0.530. The molecule has 0 fully saturated rings. The van der Waals surface area contributed by atoms with Gasteiger partial charge in [0.2, 0.25) is 0 Å². The molecule has 1 aromatic heterocycles. The van der Waals surface area contributed by atoms with Gasteiger partial charge in [0.25, 0.3) is 0 Å². The summed E-state index contributed by atoms with van der Waals surface area (Å²) in [5.41, 5.74) is 2.53. The van der Waals surface area contributed by atoms with Crippen molar-refractivity contribution in [2.24, 2.45) is 0 Å². The number of hydrogen-bond donors (Lipinski definition) is 0. The fourth-order valence-electron chi connectivity index (χ4n) is 1.96. The third kappa shape index (κ3) is 2.53. The summed E-state index contributed by atoms with van der Waals surface area (Å²) in [7, 11) is 0. The molecular weight excluding hydrogens is 291 g/mol. The highest BCUT2D eigenvalue weighted by Crippen LogP contribution is 2.33. The Balaban J connectivity index is 2.13. The zero-order valence-corrected chi connectivity index (χ0v) is 11.9. The van der Waals surface area contributed by atoms with Gasteiger partial charge in [-0.05, 0) is 18.2 Å². The summed E-state index contributed by atoms with van der Waals surface area (Å²) in [6.45, 7) is 0. The van der Waals surface area contributed by atoms with Gasteiger partial charge >= 0.3 is 0 Å². The van der Waals surface area contributed by atoms with Crippen LogP contribution >= 0.6 is 23.2 Å². The van der Waals surface area contributed by atoms with Gasteiger partial charge in [-0.25, -0.2) is 9.97 Å². The second kappa shape index (κ2) is 5.61. The van der Waals surface area contributed by atoms with Gasteiger partial charge in [-0.15, -0.1) is 0 Å². The van der Waals surface area contributed by atoms with Crippen LogP contribution in [0.2, 0.25) is 10.0 Å². The van der Waals surface area contributed by atoms with Crippen LogP contribution in [0.15, 0.2) is 60.8 Å². The van der Waals surface area contributed by atoms with E-state index in [9.17, 15) is 0 Å². The van der Waals surface area contributed by atoms with Gasteiger partial charge in [0, 0.05) is 11.8 Å². The van der Waals surface area contributed by atoms with Crippen LogP contribution in [0.3, 0.4) is 0 Å². The second-order valence-corrected chi connectivity index (χ2v) is 5.04. The SMILES string of the molecule is Clc1cccc(Cl)c1-c1nccc(-c2ccccc2)n1. The Hall–Kier alpha value is -1.90. The average molecular weight is 301 g/mol. The van der Waals surface area contributed by atoms with Crippen LogP contribution in [-0.4, -0.2) is 9.97 Å². The van der Waals surface area contributed by atoms with Crippen molar-refractivity contribution in [1.29, 1.82) is 0 Å². The Morgan fingerprint density at radius 3 is 2.15 bits per heavy atom. The third-order valence-electron chi connectivity index (χ3n) is 2.91. The van der Waals surface area contributed by atoms with E-state index in [0.717, 1.165) is 11.3 Å². The lowest BCUT2D eigenvalue weighted by molar-refractivity contribution is 1.18. The predicted molar refractivity (Wildman–Crippen MR) is 82.9 cm³/mol. The summed E-state index contributed by atoms with van der Waals surface area (Å²) < 4.78 is 0. The molecule has 0 amide bonds. The lowest BCUT2D eigenvalue weighted by Gasteiger charge is -2.07. The molecule has 20 heavy (non-hydrogen) atoms. The number of aromatic nitrogens is 2. The van der Waals surface area contributed by atoms with Gasteiger partial charge in [0.05, 0.1) is 21.3 Å². The van der Waals surface area contributed by atoms with Crippen LogP contribution in [0.4, 0.5) is 0 Å². The Labute approximate surface area is 127 Å². The molecule has 4 heteroatoms. The van der Waals surface area contributed by atoms with Gasteiger partial charge in [-0.3, -0.25) is 0 Å². The maximum atomic E-state index is 6.20. The topological polar surface area (TPSA) is 25.8 Å². The zero-order chi connectivity index (χ0) is 13.9. The lowest BCUT2D eigenvalue weighted by Crippen LogP contribution is -1.93. The highest BCUT2D eigenvalue weighted by atomic mass is 35.5. The molecule has 0 radical (unpaired) electrons. The molecular formula is C16H10Cl2N2. The molecule has 98 valence electrons. The van der Waals surface area contributed by atoms with Gasteiger partial charge in [0.15, 0.2) is 5.82 Å². The van der Waals surface area contributed by atoms with Crippen LogP contribution in [0.1, 0.15) is 0 Å². The van der Waals surface area contributed by atoms with E-state index in [1.807, 2.05) is 36.4 Å². The normalized spacial score (nSPS) is 10.5. The highest BCUT2D eigenvalue weighted by Gasteiger charge is 2.11. The second-order valence-electron chi connectivity index (χ2n) is 4.23. The van der Waals surface area contributed by atoms with E-state index in [2.05, 4.69) is 9.97 Å². The Kier molecular flexibility index (Phi) is 3.68. The quantitative estimate of drug-likeness (QED) is 0.656. The summed E-state index contributed by atoms with van der Waals surface area (Å²) in [4.78, 5) is 8.83. The minimum atomic E-state index is 0.530. The average Bonchev–Trinajstić information content (AvgIpc) is 2.48. The summed E-state index contributed by atoms with van der Waals surface area (Å²) >= 11 is 12.4. The first-order chi connectivity index (χ1) is 9.75. The number of rotatable bonds is 2. The lowest BCUT2D eigenvalue weighted by atomic mass is 10.1. The van der Waals surface area contributed by atoms with E-state index in [1.54, 1.807) is 24.4 Å². The number of hydrogen-bond acceptors (Lipinski definition) is 2. The third-order valence-corrected chi connectivity index (χ3v) is 3.54. The molecule has 3 aromatic rings. The maximum absolute atomic E-state index is 6.20. The first-order valence-electron chi connectivity index (χ1n) is 6.08. The van der Waals surface area contributed by atoms with Crippen LogP contribution < -0.4 is 0 Å². The van der Waals surface area contributed by atoms with Crippen molar-refractivity contribution in [3.8, 4) is 22.6 Å². The van der Waals surface area contributed by atoms with Crippen LogP contribution in [-0.2, 0) is 0 Å². The van der Waals surface area contributed by atoms with Gasteiger partial charge in [-0.2, -0.15) is 0 Å². The predicted octanol–water partition coefficient (Wildman–Crippen LogP) is 5.12. The van der Waals surface area contributed by atoms with Crippen LogP contribution in [0, 0.1) is 0 Å². The van der Waals surface area contributed by atoms with E-state index in [4.69, 9.17) is 23.2 Å². The molecule has 3 rings (SSSR count). The van der Waals surface area contributed by atoms with Crippen LogP contribution in [0.25, 0.3) is 22.6 Å². The van der Waals surface area contributed by atoms with Gasteiger partial charge in [0.1, 0.15) is 0 Å². The van der Waals surface area contributed by atoms with Crippen molar-refractivity contribution in [2.75, 3.05) is 0 Å². The Morgan fingerprint density at radius 2 is 1.45 bits per heavy atom. The molecule has 0 atom stereocenters. The van der Waals surface area contributed by atoms with Crippen molar-refractivity contribution < 1.29 is 0 Å². The molecule has 0 N–H and O–H groups in total. The number of halogens is 2. The van der Waals surface area contributed by atoms with Gasteiger partial charge in [-0.1, -0.05) is 59.6 Å². The molecule has 0 aliphatic heterocycles. The summed E-state index contributed by atoms with van der Waals surface area (Å²) in [6, 6.07) is 17.1. The monoisotopic (exact) mass is 300 g/mol. The Morgan fingerprint density at radius 1 is 0.750 bits per heavy atom. The Bertz CT molecular complexity index is 722. The fourth-order valence-corrected chi connectivity index (χ4v) is 2.53. The van der Waals surface area contributed by atoms with E-state index in [-0.39, 0.29) is 0 Å². The molecule has 0 saturated carbocycles. The smallest absolute Gasteiger partial charge is 0.162 e. The van der Waals surface area contributed by atoms with Crippen molar-refractivity contribution in [1.82, 2.24) is 9.97 Å². The molecule has 0 bridgehead atoms. The molecule has 2 aromatic carbocycles. The van der Waals surface area contributed by atoms with E-state index in [1.165, 1.54) is 0 Å². The standard InChI is InChI=1S/C16H10Cl2N2/c17-12-7-4-8-13(18)15(12)16-19-10-9-14(20-16)11-5-2-1-3-6-11/h1-10H. The molecule has 0 aliphatic rings. The van der Waals surface area contributed by atoms with Crippen molar-refractivity contribution in [3.63, 3.8) is 0 Å². The van der Waals surface area contributed by atoms with E-state index in [0.29, 0.717) is 21.4 Å². The fraction of sp³-hybridized carbons (Fsp3) is 0. The summed E-state index contributed by atoms with van der Waals surface area (Å²) in [5.74, 6) is 0.530. The maximum Gasteiger partial charge on any atom is 0.162 e. The van der Waals surface area contributed by atoms with E-state index < -0.39 is 0 Å².